The first-order valence-corrected chi connectivity index (χ1v) is 16.8. The molecule has 2 aliphatic heterocycles. The second-order valence-electron chi connectivity index (χ2n) is 11.3. The number of ether oxygens (including phenoxy) is 2. The smallest absolute Gasteiger partial charge is 0.201 e. The minimum absolute atomic E-state index is 0.00285. The minimum Gasteiger partial charge on any atom is -0.465 e. The van der Waals surface area contributed by atoms with Crippen LogP contribution in [0.15, 0.2) is 133 Å². The van der Waals surface area contributed by atoms with Crippen molar-refractivity contribution in [3.05, 3.63) is 133 Å². The zero-order valence-electron chi connectivity index (χ0n) is 25.8. The first-order chi connectivity index (χ1) is 22.1. The summed E-state index contributed by atoms with van der Waals surface area (Å²) in [7, 11) is 0. The molecule has 4 nitrogen and oxygen atoms in total. The zero-order valence-corrected chi connectivity index (χ0v) is 27.6. The molecule has 0 spiro atoms. The van der Waals surface area contributed by atoms with Crippen molar-refractivity contribution < 1.29 is 9.47 Å². The number of hydrogen-bond acceptors (Lipinski definition) is 6. The average Bonchev–Trinajstić information content (AvgIpc) is 3.62. The van der Waals surface area contributed by atoms with Crippen LogP contribution >= 0.6 is 25.3 Å². The maximum atomic E-state index is 6.42. The highest BCUT2D eigenvalue weighted by Gasteiger charge is 2.33. The summed E-state index contributed by atoms with van der Waals surface area (Å²) in [5.74, 6) is 2.49. The summed E-state index contributed by atoms with van der Waals surface area (Å²) in [4.78, 5) is 4.47. The van der Waals surface area contributed by atoms with Gasteiger partial charge in [-0.15, -0.1) is 0 Å². The maximum Gasteiger partial charge on any atom is 0.201 e. The van der Waals surface area contributed by atoms with E-state index in [2.05, 4.69) is 115 Å². The van der Waals surface area contributed by atoms with Crippen LogP contribution in [0.5, 0.6) is 11.5 Å². The molecule has 0 radical (unpaired) electrons. The van der Waals surface area contributed by atoms with Gasteiger partial charge in [-0.05, 0) is 71.5 Å². The van der Waals surface area contributed by atoms with E-state index in [9.17, 15) is 0 Å². The van der Waals surface area contributed by atoms with Gasteiger partial charge in [0, 0.05) is 0 Å². The Balaban J connectivity index is 1.21. The van der Waals surface area contributed by atoms with E-state index in [1.807, 2.05) is 36.4 Å². The molecule has 0 amide bonds. The average molecular weight is 633 g/mol. The Labute approximate surface area is 278 Å². The van der Waals surface area contributed by atoms with E-state index in [0.717, 1.165) is 60.0 Å². The molecule has 0 bridgehead atoms. The molecule has 6 rings (SSSR count). The Morgan fingerprint density at radius 1 is 0.667 bits per heavy atom. The number of benzene rings is 4. The van der Waals surface area contributed by atoms with Gasteiger partial charge in [-0.3, -0.25) is 4.90 Å². The molecule has 45 heavy (non-hydrogen) atoms. The van der Waals surface area contributed by atoms with Gasteiger partial charge in [0.25, 0.3) is 0 Å². The zero-order chi connectivity index (χ0) is 31.2. The third-order valence-corrected chi connectivity index (χ3v) is 9.09. The van der Waals surface area contributed by atoms with Crippen LogP contribution < -0.4 is 19.3 Å². The summed E-state index contributed by atoms with van der Waals surface area (Å²) < 4.78 is 12.8. The van der Waals surface area contributed by atoms with E-state index in [1.54, 1.807) is 0 Å². The van der Waals surface area contributed by atoms with Crippen molar-refractivity contribution in [2.45, 2.75) is 56.5 Å². The summed E-state index contributed by atoms with van der Waals surface area (Å²) in [5.41, 5.74) is 6.80. The highest BCUT2D eigenvalue weighted by atomic mass is 32.1. The van der Waals surface area contributed by atoms with Gasteiger partial charge in [0.15, 0.2) is 12.0 Å². The summed E-state index contributed by atoms with van der Waals surface area (Å²) >= 11 is 9.96. The fourth-order valence-corrected chi connectivity index (χ4v) is 6.88. The Kier molecular flexibility index (Phi) is 9.92. The molecule has 0 aromatic heterocycles. The van der Waals surface area contributed by atoms with Crippen molar-refractivity contribution in [3.63, 3.8) is 0 Å². The van der Waals surface area contributed by atoms with Gasteiger partial charge >= 0.3 is 0 Å². The third kappa shape index (κ3) is 6.82. The fraction of sp³-hybridized carbons (Fsp3) is 0.231. The molecule has 4 aromatic rings. The molecule has 2 aliphatic rings. The monoisotopic (exact) mass is 632 g/mol. The molecule has 0 saturated heterocycles. The summed E-state index contributed by atoms with van der Waals surface area (Å²) in [6, 6.07) is 33.7. The topological polar surface area (TPSA) is 24.9 Å². The second-order valence-corrected chi connectivity index (χ2v) is 12.5. The number of thiol groups is 2. The number of anilines is 2. The number of rotatable bonds is 11. The van der Waals surface area contributed by atoms with E-state index in [4.69, 9.17) is 34.7 Å². The molecule has 3 unspecified atom stereocenters. The van der Waals surface area contributed by atoms with Crippen molar-refractivity contribution in [3.8, 4) is 33.8 Å². The highest BCUT2D eigenvalue weighted by Crippen LogP contribution is 2.45. The molecule has 2 heterocycles. The standard InChI is InChI=1S/C39H40N2O2S2/c1-3-14-38(44)40-32-26-30(28-16-8-5-9-17-28)22-24-34(32)42-36(40)20-12-7-13-21-37-41(39(45)15-4-2)33-27-31(23-25-35(33)43-37)29-18-10-6-11-19-29/h5-13,16-27,36,38-39,44-45H,3-4,14-15H2,1-2H3. The SMILES string of the molecule is CCCC(S)N1C(=CC=CC=CC2Oc3ccc(-c4ccccc4)cc3N2C(S)CCC)Oc2ccc(-c3ccccc3)cc21. The molecule has 0 aliphatic carbocycles. The normalized spacial score (nSPS) is 17.9. The molecular weight excluding hydrogens is 593 g/mol. The lowest BCUT2D eigenvalue weighted by atomic mass is 10.0. The van der Waals surface area contributed by atoms with E-state index in [-0.39, 0.29) is 17.0 Å². The fourth-order valence-electron chi connectivity index (χ4n) is 5.87. The molecule has 4 aromatic carbocycles. The highest BCUT2D eigenvalue weighted by molar-refractivity contribution is 7.81. The van der Waals surface area contributed by atoms with Crippen molar-refractivity contribution in [2.24, 2.45) is 0 Å². The number of hydrogen-bond donors (Lipinski definition) is 2. The molecule has 6 heteroatoms. The van der Waals surface area contributed by atoms with Gasteiger partial charge in [-0.1, -0.05) is 118 Å². The van der Waals surface area contributed by atoms with Crippen LogP contribution in [0.1, 0.15) is 39.5 Å². The van der Waals surface area contributed by atoms with Crippen molar-refractivity contribution in [2.75, 3.05) is 9.80 Å². The quantitative estimate of drug-likeness (QED) is 0.127. The second kappa shape index (κ2) is 14.4. The van der Waals surface area contributed by atoms with Gasteiger partial charge in [0.1, 0.15) is 5.75 Å². The minimum atomic E-state index is -0.247. The third-order valence-electron chi connectivity index (χ3n) is 8.09. The van der Waals surface area contributed by atoms with Gasteiger partial charge in [-0.2, -0.15) is 25.3 Å². The van der Waals surface area contributed by atoms with E-state index < -0.39 is 0 Å². The largest absolute Gasteiger partial charge is 0.465 e. The molecule has 0 saturated carbocycles. The lowest BCUT2D eigenvalue weighted by Crippen LogP contribution is -2.38. The summed E-state index contributed by atoms with van der Waals surface area (Å²) in [5, 5.41) is 0.0386. The number of nitrogens with zero attached hydrogens (tertiary/aromatic N) is 2. The summed E-state index contributed by atoms with van der Waals surface area (Å²) in [6.45, 7) is 4.37. The Bertz CT molecular complexity index is 1690. The molecule has 0 N–H and O–H groups in total. The maximum absolute atomic E-state index is 6.42. The van der Waals surface area contributed by atoms with Crippen molar-refractivity contribution in [1.82, 2.24) is 0 Å². The van der Waals surface area contributed by atoms with E-state index in [1.165, 1.54) is 16.7 Å². The summed E-state index contributed by atoms with van der Waals surface area (Å²) in [6.07, 6.45) is 13.9. The van der Waals surface area contributed by atoms with Crippen molar-refractivity contribution in [1.29, 1.82) is 0 Å². The molecule has 0 fully saturated rings. The Morgan fingerprint density at radius 2 is 1.27 bits per heavy atom. The van der Waals surface area contributed by atoms with Gasteiger partial charge in [0.05, 0.1) is 22.1 Å². The van der Waals surface area contributed by atoms with Crippen LogP contribution in [0, 0.1) is 0 Å². The van der Waals surface area contributed by atoms with Gasteiger partial charge in [0.2, 0.25) is 5.88 Å². The van der Waals surface area contributed by atoms with E-state index >= 15 is 0 Å². The lowest BCUT2D eigenvalue weighted by molar-refractivity contribution is 0.269. The predicted octanol–water partition coefficient (Wildman–Crippen LogP) is 10.5. The van der Waals surface area contributed by atoms with Gasteiger partial charge < -0.3 is 14.4 Å². The van der Waals surface area contributed by atoms with Crippen LogP contribution in [-0.2, 0) is 0 Å². The number of allylic oxidation sites excluding steroid dienone is 4. The van der Waals surface area contributed by atoms with Gasteiger partial charge in [-0.25, -0.2) is 0 Å². The molecule has 230 valence electrons. The number of fused-ring (bicyclic) bond motifs is 2. The first-order valence-electron chi connectivity index (χ1n) is 15.8. The Morgan fingerprint density at radius 3 is 1.91 bits per heavy atom. The first kappa shape index (κ1) is 31.0. The van der Waals surface area contributed by atoms with Crippen LogP contribution in [0.4, 0.5) is 11.4 Å². The van der Waals surface area contributed by atoms with Crippen LogP contribution in [-0.4, -0.2) is 17.0 Å². The Hall–Kier alpha value is -4.00. The van der Waals surface area contributed by atoms with Crippen LogP contribution in [0.25, 0.3) is 22.3 Å². The van der Waals surface area contributed by atoms with Crippen LogP contribution in [0.2, 0.25) is 0 Å². The van der Waals surface area contributed by atoms with Crippen LogP contribution in [0.3, 0.4) is 0 Å². The van der Waals surface area contributed by atoms with E-state index in [0.29, 0.717) is 0 Å². The molecular formula is C39H40N2O2S2. The molecule has 3 atom stereocenters. The van der Waals surface area contributed by atoms with Crippen molar-refractivity contribution >= 4 is 36.6 Å². The lowest BCUT2D eigenvalue weighted by Gasteiger charge is -2.29. The predicted molar refractivity (Wildman–Crippen MR) is 195 cm³/mol.